The van der Waals surface area contributed by atoms with Gasteiger partial charge in [-0.15, -0.1) is 0 Å². The van der Waals surface area contributed by atoms with E-state index in [9.17, 15) is 0 Å². The molecule has 106 valence electrons. The first kappa shape index (κ1) is 14.9. The smallest absolute Gasteiger partial charge is 0.140 e. The Balaban J connectivity index is 1.92. The van der Waals surface area contributed by atoms with Crippen molar-refractivity contribution in [3.63, 3.8) is 0 Å². The Bertz CT molecular complexity index is 569. The monoisotopic (exact) mass is 333 g/mol. The molecule has 0 bridgehead atoms. The Morgan fingerprint density at radius 1 is 1.30 bits per heavy atom. The molecule has 0 aliphatic carbocycles. The van der Waals surface area contributed by atoms with Gasteiger partial charge in [-0.3, -0.25) is 0 Å². The number of nitrogens with zero attached hydrogens (tertiary/aromatic N) is 1. The Morgan fingerprint density at radius 2 is 2.00 bits per heavy atom. The summed E-state index contributed by atoms with van der Waals surface area (Å²) in [7, 11) is 0. The molecular formula is C16H20BrN3. The summed E-state index contributed by atoms with van der Waals surface area (Å²) < 4.78 is 0.949. The largest absolute Gasteiger partial charge is 0.397 e. The SMILES string of the molecule is Cc1c(N)cnc(NCCC(C)c2ccccc2)c1Br. The van der Waals surface area contributed by atoms with E-state index in [1.54, 1.807) is 6.20 Å². The predicted molar refractivity (Wildman–Crippen MR) is 89.1 cm³/mol. The van der Waals surface area contributed by atoms with E-state index in [0.717, 1.165) is 28.8 Å². The summed E-state index contributed by atoms with van der Waals surface area (Å²) in [6, 6.07) is 10.6. The Labute approximate surface area is 128 Å². The Morgan fingerprint density at radius 3 is 2.70 bits per heavy atom. The normalized spacial score (nSPS) is 12.2. The number of nitrogen functional groups attached to an aromatic ring is 1. The van der Waals surface area contributed by atoms with Crippen LogP contribution in [-0.2, 0) is 0 Å². The molecule has 0 saturated heterocycles. The van der Waals surface area contributed by atoms with Crippen molar-refractivity contribution in [3.8, 4) is 0 Å². The molecule has 0 fully saturated rings. The first-order valence-electron chi connectivity index (χ1n) is 6.79. The van der Waals surface area contributed by atoms with Gasteiger partial charge in [-0.1, -0.05) is 37.3 Å². The second kappa shape index (κ2) is 6.75. The van der Waals surface area contributed by atoms with E-state index < -0.39 is 0 Å². The lowest BCUT2D eigenvalue weighted by Gasteiger charge is -2.14. The molecule has 1 unspecified atom stereocenters. The first-order chi connectivity index (χ1) is 9.59. The zero-order chi connectivity index (χ0) is 14.5. The van der Waals surface area contributed by atoms with Crippen molar-refractivity contribution in [3.05, 3.63) is 52.1 Å². The molecule has 2 rings (SSSR count). The molecule has 3 N–H and O–H groups in total. The third kappa shape index (κ3) is 3.51. The Kier molecular flexibility index (Phi) is 5.01. The van der Waals surface area contributed by atoms with Gasteiger partial charge < -0.3 is 11.1 Å². The second-order valence-electron chi connectivity index (χ2n) is 5.03. The lowest BCUT2D eigenvalue weighted by Crippen LogP contribution is -2.08. The van der Waals surface area contributed by atoms with E-state index >= 15 is 0 Å². The average Bonchev–Trinajstić information content (AvgIpc) is 2.48. The minimum absolute atomic E-state index is 0.525. The molecule has 0 amide bonds. The van der Waals surface area contributed by atoms with Gasteiger partial charge in [0.05, 0.1) is 16.4 Å². The van der Waals surface area contributed by atoms with Gasteiger partial charge in [0.15, 0.2) is 0 Å². The van der Waals surface area contributed by atoms with Crippen LogP contribution in [0.1, 0.15) is 30.4 Å². The minimum atomic E-state index is 0.525. The van der Waals surface area contributed by atoms with Crippen LogP contribution in [0, 0.1) is 6.92 Å². The van der Waals surface area contributed by atoms with Crippen molar-refractivity contribution >= 4 is 27.4 Å². The van der Waals surface area contributed by atoms with Crippen molar-refractivity contribution in [1.82, 2.24) is 4.98 Å². The summed E-state index contributed by atoms with van der Waals surface area (Å²) in [6.45, 7) is 5.11. The molecule has 0 aliphatic heterocycles. The van der Waals surface area contributed by atoms with E-state index in [1.807, 2.05) is 13.0 Å². The van der Waals surface area contributed by atoms with Gasteiger partial charge >= 0.3 is 0 Å². The maximum atomic E-state index is 5.82. The molecule has 0 saturated carbocycles. The molecule has 1 atom stereocenters. The fourth-order valence-electron chi connectivity index (χ4n) is 2.07. The number of anilines is 2. The maximum Gasteiger partial charge on any atom is 0.140 e. The molecule has 1 aromatic heterocycles. The lowest BCUT2D eigenvalue weighted by atomic mass is 9.98. The van der Waals surface area contributed by atoms with Gasteiger partial charge in [0.2, 0.25) is 0 Å². The quantitative estimate of drug-likeness (QED) is 0.855. The van der Waals surface area contributed by atoms with Crippen LogP contribution in [-0.4, -0.2) is 11.5 Å². The zero-order valence-electron chi connectivity index (χ0n) is 11.9. The standard InChI is InChI=1S/C16H20BrN3/c1-11(13-6-4-3-5-7-13)8-9-19-16-15(17)12(2)14(18)10-20-16/h3-7,10-11H,8-9,18H2,1-2H3,(H,19,20). The molecule has 0 spiro atoms. The van der Waals surface area contributed by atoms with Gasteiger partial charge in [-0.2, -0.15) is 0 Å². The van der Waals surface area contributed by atoms with Crippen LogP contribution in [0.4, 0.5) is 11.5 Å². The molecule has 3 nitrogen and oxygen atoms in total. The number of rotatable bonds is 5. The molecule has 4 heteroatoms. The van der Waals surface area contributed by atoms with Crippen molar-refractivity contribution < 1.29 is 0 Å². The summed E-state index contributed by atoms with van der Waals surface area (Å²) in [4.78, 5) is 4.33. The number of benzene rings is 1. The summed E-state index contributed by atoms with van der Waals surface area (Å²) >= 11 is 3.54. The summed E-state index contributed by atoms with van der Waals surface area (Å²) in [5, 5.41) is 3.37. The predicted octanol–water partition coefficient (Wildman–Crippen LogP) is 4.34. The lowest BCUT2D eigenvalue weighted by molar-refractivity contribution is 0.704. The van der Waals surface area contributed by atoms with Gasteiger partial charge in [-0.05, 0) is 46.3 Å². The van der Waals surface area contributed by atoms with Gasteiger partial charge in [0.25, 0.3) is 0 Å². The number of hydrogen-bond donors (Lipinski definition) is 2. The van der Waals surface area contributed by atoms with E-state index in [0.29, 0.717) is 11.6 Å². The highest BCUT2D eigenvalue weighted by Crippen LogP contribution is 2.28. The minimum Gasteiger partial charge on any atom is -0.397 e. The fraction of sp³-hybridized carbons (Fsp3) is 0.312. The number of halogens is 1. The number of aromatic nitrogens is 1. The van der Waals surface area contributed by atoms with E-state index in [1.165, 1.54) is 5.56 Å². The molecule has 0 radical (unpaired) electrons. The third-order valence-corrected chi connectivity index (χ3v) is 4.51. The molecule has 20 heavy (non-hydrogen) atoms. The van der Waals surface area contributed by atoms with Gasteiger partial charge in [0.1, 0.15) is 5.82 Å². The zero-order valence-corrected chi connectivity index (χ0v) is 13.4. The third-order valence-electron chi connectivity index (χ3n) is 3.54. The number of pyridine rings is 1. The van der Waals surface area contributed by atoms with Crippen LogP contribution in [0.2, 0.25) is 0 Å². The first-order valence-corrected chi connectivity index (χ1v) is 7.58. The van der Waals surface area contributed by atoms with Gasteiger partial charge in [0, 0.05) is 6.54 Å². The molecule has 1 heterocycles. The molecule has 0 aliphatic rings. The second-order valence-corrected chi connectivity index (χ2v) is 5.82. The summed E-state index contributed by atoms with van der Waals surface area (Å²) in [5.41, 5.74) is 8.93. The van der Waals surface area contributed by atoms with Crippen molar-refractivity contribution in [1.29, 1.82) is 0 Å². The highest BCUT2D eigenvalue weighted by Gasteiger charge is 2.08. The van der Waals surface area contributed by atoms with Crippen LogP contribution in [0.3, 0.4) is 0 Å². The van der Waals surface area contributed by atoms with Crippen molar-refractivity contribution in [2.75, 3.05) is 17.6 Å². The van der Waals surface area contributed by atoms with Crippen LogP contribution in [0.5, 0.6) is 0 Å². The topological polar surface area (TPSA) is 50.9 Å². The molecular weight excluding hydrogens is 314 g/mol. The number of nitrogens with one attached hydrogen (secondary N) is 1. The van der Waals surface area contributed by atoms with Crippen molar-refractivity contribution in [2.24, 2.45) is 0 Å². The van der Waals surface area contributed by atoms with E-state index in [2.05, 4.69) is 57.4 Å². The van der Waals surface area contributed by atoms with Gasteiger partial charge in [-0.25, -0.2) is 4.98 Å². The maximum absolute atomic E-state index is 5.82. The van der Waals surface area contributed by atoms with Crippen LogP contribution in [0.25, 0.3) is 0 Å². The van der Waals surface area contributed by atoms with Crippen molar-refractivity contribution in [2.45, 2.75) is 26.2 Å². The van der Waals surface area contributed by atoms with Crippen LogP contribution in [0.15, 0.2) is 41.0 Å². The van der Waals surface area contributed by atoms with Crippen LogP contribution >= 0.6 is 15.9 Å². The summed E-state index contributed by atoms with van der Waals surface area (Å²) in [5.74, 6) is 1.38. The summed E-state index contributed by atoms with van der Waals surface area (Å²) in [6.07, 6.45) is 2.75. The van der Waals surface area contributed by atoms with Crippen LogP contribution < -0.4 is 11.1 Å². The molecule has 2 aromatic rings. The number of nitrogens with two attached hydrogens (primary N) is 1. The Hall–Kier alpha value is -1.55. The highest BCUT2D eigenvalue weighted by atomic mass is 79.9. The van der Waals surface area contributed by atoms with E-state index in [-0.39, 0.29) is 0 Å². The van der Waals surface area contributed by atoms with E-state index in [4.69, 9.17) is 5.73 Å². The highest BCUT2D eigenvalue weighted by molar-refractivity contribution is 9.10. The average molecular weight is 334 g/mol. The number of hydrogen-bond acceptors (Lipinski definition) is 3. The molecule has 1 aromatic carbocycles. The fourth-order valence-corrected chi connectivity index (χ4v) is 2.54.